The molecule has 1 aliphatic rings. The third-order valence-electron chi connectivity index (χ3n) is 3.00. The van der Waals surface area contributed by atoms with Crippen molar-refractivity contribution in [2.75, 3.05) is 6.79 Å². The molecule has 2 heterocycles. The van der Waals surface area contributed by atoms with Crippen molar-refractivity contribution >= 4 is 17.7 Å². The highest BCUT2D eigenvalue weighted by Crippen LogP contribution is 2.32. The van der Waals surface area contributed by atoms with Crippen LogP contribution in [0.1, 0.15) is 23.0 Å². The van der Waals surface area contributed by atoms with Crippen LogP contribution in [0.3, 0.4) is 0 Å². The molecule has 1 aromatic carbocycles. The van der Waals surface area contributed by atoms with Crippen molar-refractivity contribution in [1.29, 1.82) is 0 Å². The standard InChI is InChI=1S/C16H14N2O4/c1-11(4-6-13-3-2-8-20-13)17-18-16(19)12-5-7-14-15(9-12)22-10-21-14/h2-9H,10H2,1H3,(H,18,19). The smallest absolute Gasteiger partial charge is 0.271 e. The Labute approximate surface area is 127 Å². The molecule has 0 atom stereocenters. The highest BCUT2D eigenvalue weighted by molar-refractivity contribution is 5.99. The maximum Gasteiger partial charge on any atom is 0.271 e. The van der Waals surface area contributed by atoms with Crippen molar-refractivity contribution < 1.29 is 18.7 Å². The number of nitrogens with zero attached hydrogens (tertiary/aromatic N) is 1. The highest BCUT2D eigenvalue weighted by atomic mass is 16.7. The molecule has 1 aliphatic heterocycles. The molecule has 112 valence electrons. The van der Waals surface area contributed by atoms with Crippen molar-refractivity contribution in [1.82, 2.24) is 5.43 Å². The average Bonchev–Trinajstić information content (AvgIpc) is 3.20. The van der Waals surface area contributed by atoms with Gasteiger partial charge >= 0.3 is 0 Å². The first-order valence-electron chi connectivity index (χ1n) is 6.68. The van der Waals surface area contributed by atoms with Crippen LogP contribution in [0.15, 0.2) is 52.2 Å². The van der Waals surface area contributed by atoms with Gasteiger partial charge < -0.3 is 13.9 Å². The number of nitrogens with one attached hydrogen (secondary N) is 1. The first kappa shape index (κ1) is 13.9. The zero-order valence-corrected chi connectivity index (χ0v) is 11.9. The van der Waals surface area contributed by atoms with Gasteiger partial charge in [-0.25, -0.2) is 5.43 Å². The van der Waals surface area contributed by atoms with E-state index in [1.165, 1.54) is 0 Å². The molecule has 22 heavy (non-hydrogen) atoms. The summed E-state index contributed by atoms with van der Waals surface area (Å²) >= 11 is 0. The number of carbonyl (C=O) groups excluding carboxylic acids is 1. The molecule has 6 nitrogen and oxygen atoms in total. The molecule has 1 N–H and O–H groups in total. The van der Waals surface area contributed by atoms with Gasteiger partial charge in [-0.3, -0.25) is 4.79 Å². The second-order valence-electron chi connectivity index (χ2n) is 4.61. The Balaban J connectivity index is 1.63. The summed E-state index contributed by atoms with van der Waals surface area (Å²) < 4.78 is 15.6. The first-order chi connectivity index (χ1) is 10.7. The Morgan fingerprint density at radius 1 is 1.27 bits per heavy atom. The van der Waals surface area contributed by atoms with E-state index in [9.17, 15) is 4.79 Å². The van der Waals surface area contributed by atoms with E-state index in [0.717, 1.165) is 5.76 Å². The molecule has 1 amide bonds. The molecule has 0 saturated heterocycles. The molecular weight excluding hydrogens is 284 g/mol. The molecule has 0 unspecified atom stereocenters. The van der Waals surface area contributed by atoms with Crippen molar-refractivity contribution in [2.45, 2.75) is 6.92 Å². The lowest BCUT2D eigenvalue weighted by molar-refractivity contribution is 0.0954. The predicted molar refractivity (Wildman–Crippen MR) is 80.9 cm³/mol. The lowest BCUT2D eigenvalue weighted by atomic mass is 10.2. The van der Waals surface area contributed by atoms with Gasteiger partial charge in [0.25, 0.3) is 5.91 Å². The SMILES string of the molecule is CC(C=Cc1ccco1)=NNC(=O)c1ccc2c(c1)OCO2. The molecular formula is C16H14N2O4. The molecule has 0 bridgehead atoms. The Hall–Kier alpha value is -3.02. The molecule has 3 rings (SSSR count). The molecule has 0 radical (unpaired) electrons. The molecule has 0 spiro atoms. The van der Waals surface area contributed by atoms with E-state index in [2.05, 4.69) is 10.5 Å². The Kier molecular flexibility index (Phi) is 3.91. The first-order valence-corrected chi connectivity index (χ1v) is 6.68. The Morgan fingerprint density at radius 3 is 2.95 bits per heavy atom. The van der Waals surface area contributed by atoms with E-state index in [1.807, 2.05) is 6.07 Å². The van der Waals surface area contributed by atoms with Gasteiger partial charge in [0, 0.05) is 5.56 Å². The predicted octanol–water partition coefficient (Wildman–Crippen LogP) is 2.83. The van der Waals surface area contributed by atoms with Crippen molar-refractivity contribution in [3.8, 4) is 11.5 Å². The maximum atomic E-state index is 12.0. The molecule has 6 heteroatoms. The monoisotopic (exact) mass is 298 g/mol. The van der Waals surface area contributed by atoms with Gasteiger partial charge in [0.15, 0.2) is 11.5 Å². The zero-order valence-electron chi connectivity index (χ0n) is 11.9. The normalized spacial score (nSPS) is 13.6. The summed E-state index contributed by atoms with van der Waals surface area (Å²) in [5.41, 5.74) is 3.59. The second-order valence-corrected chi connectivity index (χ2v) is 4.61. The number of rotatable bonds is 4. The van der Waals surface area contributed by atoms with Crippen LogP contribution in [-0.4, -0.2) is 18.4 Å². The van der Waals surface area contributed by atoms with Gasteiger partial charge in [-0.1, -0.05) is 0 Å². The number of ether oxygens (including phenoxy) is 2. The number of hydrogen-bond donors (Lipinski definition) is 1. The van der Waals surface area contributed by atoms with E-state index in [-0.39, 0.29) is 12.7 Å². The number of carbonyl (C=O) groups is 1. The number of allylic oxidation sites excluding steroid dienone is 1. The van der Waals surface area contributed by atoms with Gasteiger partial charge in [0.2, 0.25) is 6.79 Å². The zero-order chi connectivity index (χ0) is 15.4. The molecule has 2 aromatic rings. The van der Waals surface area contributed by atoms with Crippen LogP contribution in [0.4, 0.5) is 0 Å². The lowest BCUT2D eigenvalue weighted by Crippen LogP contribution is -2.18. The molecule has 0 aliphatic carbocycles. The van der Waals surface area contributed by atoms with Gasteiger partial charge in [-0.2, -0.15) is 5.10 Å². The Bertz CT molecular complexity index is 733. The van der Waals surface area contributed by atoms with Gasteiger partial charge in [-0.05, 0) is 49.4 Å². The van der Waals surface area contributed by atoms with Crippen LogP contribution in [0.5, 0.6) is 11.5 Å². The van der Waals surface area contributed by atoms with Crippen LogP contribution in [0.25, 0.3) is 6.08 Å². The van der Waals surface area contributed by atoms with Crippen LogP contribution >= 0.6 is 0 Å². The largest absolute Gasteiger partial charge is 0.465 e. The van der Waals surface area contributed by atoms with Gasteiger partial charge in [0.05, 0.1) is 12.0 Å². The quantitative estimate of drug-likeness (QED) is 0.696. The van der Waals surface area contributed by atoms with Crippen LogP contribution in [0.2, 0.25) is 0 Å². The Morgan fingerprint density at radius 2 is 2.14 bits per heavy atom. The highest BCUT2D eigenvalue weighted by Gasteiger charge is 2.15. The number of amides is 1. The second kappa shape index (κ2) is 6.17. The summed E-state index contributed by atoms with van der Waals surface area (Å²) in [5, 5.41) is 4.01. The summed E-state index contributed by atoms with van der Waals surface area (Å²) in [7, 11) is 0. The third kappa shape index (κ3) is 3.17. The van der Waals surface area contributed by atoms with Crippen LogP contribution in [0, 0.1) is 0 Å². The topological polar surface area (TPSA) is 73.1 Å². The van der Waals surface area contributed by atoms with E-state index < -0.39 is 0 Å². The number of furan rings is 1. The van der Waals surface area contributed by atoms with E-state index >= 15 is 0 Å². The molecule has 0 fully saturated rings. The average molecular weight is 298 g/mol. The fourth-order valence-electron chi connectivity index (χ4n) is 1.87. The minimum Gasteiger partial charge on any atom is -0.465 e. The van der Waals surface area contributed by atoms with Gasteiger partial charge in [-0.15, -0.1) is 0 Å². The number of hydrazone groups is 1. The summed E-state index contributed by atoms with van der Waals surface area (Å²) in [4.78, 5) is 12.0. The minimum atomic E-state index is -0.316. The summed E-state index contributed by atoms with van der Waals surface area (Å²) in [5.74, 6) is 1.60. The number of hydrogen-bond acceptors (Lipinski definition) is 5. The molecule has 0 saturated carbocycles. The summed E-state index contributed by atoms with van der Waals surface area (Å²) in [6, 6.07) is 8.61. The third-order valence-corrected chi connectivity index (χ3v) is 3.00. The fourth-order valence-corrected chi connectivity index (χ4v) is 1.87. The van der Waals surface area contributed by atoms with Crippen molar-refractivity contribution in [3.63, 3.8) is 0 Å². The maximum absolute atomic E-state index is 12.0. The number of fused-ring (bicyclic) bond motifs is 1. The van der Waals surface area contributed by atoms with Crippen LogP contribution < -0.4 is 14.9 Å². The fraction of sp³-hybridized carbons (Fsp3) is 0.125. The van der Waals surface area contributed by atoms with E-state index in [1.54, 1.807) is 49.6 Å². The summed E-state index contributed by atoms with van der Waals surface area (Å²) in [6.07, 6.45) is 5.11. The van der Waals surface area contributed by atoms with Crippen LogP contribution in [-0.2, 0) is 0 Å². The van der Waals surface area contributed by atoms with Gasteiger partial charge in [0.1, 0.15) is 5.76 Å². The minimum absolute atomic E-state index is 0.176. The lowest BCUT2D eigenvalue weighted by Gasteiger charge is -2.02. The molecule has 1 aromatic heterocycles. The van der Waals surface area contributed by atoms with Crippen molar-refractivity contribution in [2.24, 2.45) is 5.10 Å². The number of benzene rings is 1. The van der Waals surface area contributed by atoms with Crippen molar-refractivity contribution in [3.05, 3.63) is 54.0 Å². The summed E-state index contributed by atoms with van der Waals surface area (Å²) in [6.45, 7) is 1.95. The van der Waals surface area contributed by atoms with E-state index in [0.29, 0.717) is 22.8 Å². The van der Waals surface area contributed by atoms with E-state index in [4.69, 9.17) is 13.9 Å².